The van der Waals surface area contributed by atoms with Crippen molar-refractivity contribution in [3.8, 4) is 0 Å². The van der Waals surface area contributed by atoms with E-state index in [0.717, 1.165) is 12.5 Å². The van der Waals surface area contributed by atoms with Gasteiger partial charge < -0.3 is 30.5 Å². The van der Waals surface area contributed by atoms with Crippen molar-refractivity contribution in [3.05, 3.63) is 0 Å². The van der Waals surface area contributed by atoms with Gasteiger partial charge in [0.05, 0.1) is 0 Å². The predicted octanol–water partition coefficient (Wildman–Crippen LogP) is -0.210. The fourth-order valence-electron chi connectivity index (χ4n) is 1.52. The van der Waals surface area contributed by atoms with E-state index in [2.05, 4.69) is 5.32 Å². The number of rotatable bonds is 9. The molecular weight excluding hydrogens is 268 g/mol. The fourth-order valence-corrected chi connectivity index (χ4v) is 2.90. The molecule has 0 rings (SSSR count). The van der Waals surface area contributed by atoms with Crippen molar-refractivity contribution in [1.82, 2.24) is 10.2 Å². The molecule has 0 aliphatic carbocycles. The molecule has 0 bridgehead atoms. The Bertz CT molecular complexity index is 299. The molecule has 0 aliphatic rings. The number of nitrogens with one attached hydrogen (secondary N) is 1. The van der Waals surface area contributed by atoms with Gasteiger partial charge in [-0.1, -0.05) is 0 Å². The summed E-state index contributed by atoms with van der Waals surface area (Å²) in [5.41, 5.74) is 10.2. The minimum atomic E-state index is -2.12. The maximum atomic E-state index is 11.2. The van der Waals surface area contributed by atoms with Gasteiger partial charge in [0, 0.05) is 33.9 Å². The van der Waals surface area contributed by atoms with Gasteiger partial charge in [-0.3, -0.25) is 0 Å². The number of hydrogen-bond donors (Lipinski definition) is 3. The highest BCUT2D eigenvalue weighted by molar-refractivity contribution is 6.65. The summed E-state index contributed by atoms with van der Waals surface area (Å²) >= 11 is 0. The molecule has 0 fully saturated rings. The van der Waals surface area contributed by atoms with Crippen LogP contribution in [0.3, 0.4) is 0 Å². The lowest BCUT2D eigenvalue weighted by atomic mass is 10.4. The number of nitrogens with zero attached hydrogens (tertiary/aromatic N) is 1. The molecule has 0 radical (unpaired) electrons. The van der Waals surface area contributed by atoms with Crippen molar-refractivity contribution < 1.29 is 18.4 Å². The number of primary amides is 2. The van der Waals surface area contributed by atoms with Crippen molar-refractivity contribution in [1.29, 1.82) is 0 Å². The molecule has 19 heavy (non-hydrogen) atoms. The SMILES string of the molecule is CO[Si](C)(CCCN(CCNC(N)=O)C(N)=O)OC. The van der Waals surface area contributed by atoms with Gasteiger partial charge in [0.1, 0.15) is 0 Å². The van der Waals surface area contributed by atoms with E-state index >= 15 is 0 Å². The third-order valence-electron chi connectivity index (χ3n) is 2.92. The topological polar surface area (TPSA) is 120 Å². The second-order valence-corrected chi connectivity index (χ2v) is 7.85. The van der Waals surface area contributed by atoms with Crippen LogP contribution in [0.4, 0.5) is 9.59 Å². The standard InChI is InChI=1S/C10H24N4O4Si/c1-17-19(3,18-2)8-4-6-14(10(12)16)7-5-13-9(11)15/h4-8H2,1-3H3,(H2,12,16)(H3,11,13,15). The lowest BCUT2D eigenvalue weighted by Gasteiger charge is -2.25. The zero-order valence-electron chi connectivity index (χ0n) is 11.8. The van der Waals surface area contributed by atoms with Crippen LogP contribution in [-0.2, 0) is 8.85 Å². The highest BCUT2D eigenvalue weighted by Gasteiger charge is 2.28. The molecule has 0 heterocycles. The van der Waals surface area contributed by atoms with Crippen LogP contribution in [0.2, 0.25) is 12.6 Å². The lowest BCUT2D eigenvalue weighted by Crippen LogP contribution is -2.44. The molecule has 0 saturated carbocycles. The lowest BCUT2D eigenvalue weighted by molar-refractivity contribution is 0.204. The van der Waals surface area contributed by atoms with E-state index in [9.17, 15) is 9.59 Å². The molecule has 5 N–H and O–H groups in total. The van der Waals surface area contributed by atoms with E-state index < -0.39 is 20.6 Å². The second-order valence-electron chi connectivity index (χ2n) is 4.26. The van der Waals surface area contributed by atoms with Crippen LogP contribution in [0, 0.1) is 0 Å². The van der Waals surface area contributed by atoms with Crippen LogP contribution >= 0.6 is 0 Å². The Morgan fingerprint density at radius 3 is 2.21 bits per heavy atom. The summed E-state index contributed by atoms with van der Waals surface area (Å²) in [4.78, 5) is 23.2. The van der Waals surface area contributed by atoms with E-state index in [1.54, 1.807) is 14.2 Å². The molecule has 0 saturated heterocycles. The molecule has 0 unspecified atom stereocenters. The first-order valence-corrected chi connectivity index (χ1v) is 8.55. The van der Waals surface area contributed by atoms with Gasteiger partial charge in [0.15, 0.2) is 0 Å². The van der Waals surface area contributed by atoms with Crippen LogP contribution in [0.5, 0.6) is 0 Å². The zero-order chi connectivity index (χ0) is 14.9. The van der Waals surface area contributed by atoms with Crippen LogP contribution in [0.25, 0.3) is 0 Å². The first kappa shape index (κ1) is 17.7. The molecule has 8 nitrogen and oxygen atoms in total. The summed E-state index contributed by atoms with van der Waals surface area (Å²) in [6, 6.07) is -0.389. The van der Waals surface area contributed by atoms with Crippen LogP contribution in [0.15, 0.2) is 0 Å². The summed E-state index contributed by atoms with van der Waals surface area (Å²) in [5, 5.41) is 2.41. The Morgan fingerprint density at radius 2 is 1.79 bits per heavy atom. The van der Waals surface area contributed by atoms with Gasteiger partial charge in [-0.25, -0.2) is 9.59 Å². The zero-order valence-corrected chi connectivity index (χ0v) is 12.8. The van der Waals surface area contributed by atoms with Crippen molar-refractivity contribution in [2.75, 3.05) is 33.9 Å². The van der Waals surface area contributed by atoms with Crippen molar-refractivity contribution in [3.63, 3.8) is 0 Å². The van der Waals surface area contributed by atoms with E-state index in [1.165, 1.54) is 4.90 Å². The predicted molar refractivity (Wildman–Crippen MR) is 73.8 cm³/mol. The number of carbonyl (C=O) groups is 2. The summed E-state index contributed by atoms with van der Waals surface area (Å²) < 4.78 is 10.7. The Hall–Kier alpha value is -1.32. The molecule has 0 aromatic rings. The summed E-state index contributed by atoms with van der Waals surface area (Å²) in [7, 11) is 1.13. The summed E-state index contributed by atoms with van der Waals surface area (Å²) in [5.74, 6) is 0. The first-order valence-electron chi connectivity index (χ1n) is 6.02. The third kappa shape index (κ3) is 7.65. The Balaban J connectivity index is 4.08. The summed E-state index contributed by atoms with van der Waals surface area (Å²) in [6.45, 7) is 3.05. The maximum Gasteiger partial charge on any atom is 0.334 e. The van der Waals surface area contributed by atoms with Crippen molar-refractivity contribution in [2.24, 2.45) is 11.5 Å². The van der Waals surface area contributed by atoms with E-state index in [4.69, 9.17) is 20.3 Å². The molecule has 0 aromatic carbocycles. The molecule has 9 heteroatoms. The van der Waals surface area contributed by atoms with Gasteiger partial charge >= 0.3 is 20.6 Å². The molecular formula is C10H24N4O4Si. The van der Waals surface area contributed by atoms with E-state index in [1.807, 2.05) is 6.55 Å². The van der Waals surface area contributed by atoms with Gasteiger partial charge in [-0.15, -0.1) is 0 Å². The third-order valence-corrected chi connectivity index (χ3v) is 5.90. The second kappa shape index (κ2) is 8.72. The molecule has 0 atom stereocenters. The number of amides is 4. The highest BCUT2D eigenvalue weighted by atomic mass is 28.4. The average molecular weight is 292 g/mol. The van der Waals surface area contributed by atoms with Gasteiger partial charge in [-0.2, -0.15) is 0 Å². The minimum absolute atomic E-state index is 0.279. The monoisotopic (exact) mass is 292 g/mol. The van der Waals surface area contributed by atoms with Gasteiger partial charge in [-0.05, 0) is 19.0 Å². The average Bonchev–Trinajstić information content (AvgIpc) is 2.36. The molecule has 112 valence electrons. The molecule has 0 aliphatic heterocycles. The number of urea groups is 2. The van der Waals surface area contributed by atoms with Gasteiger partial charge in [0.2, 0.25) is 0 Å². The Morgan fingerprint density at radius 1 is 1.21 bits per heavy atom. The largest absolute Gasteiger partial charge is 0.398 e. The van der Waals surface area contributed by atoms with Crippen molar-refractivity contribution in [2.45, 2.75) is 19.0 Å². The summed E-state index contributed by atoms with van der Waals surface area (Å²) in [6.07, 6.45) is 0.726. The maximum absolute atomic E-state index is 11.2. The van der Waals surface area contributed by atoms with Gasteiger partial charge in [0.25, 0.3) is 0 Å². The Kier molecular flexibility index (Phi) is 8.12. The normalized spacial score (nSPS) is 11.1. The fraction of sp³-hybridized carbons (Fsp3) is 0.800. The first-order chi connectivity index (χ1) is 8.84. The number of hydrogen-bond acceptors (Lipinski definition) is 4. The van der Waals surface area contributed by atoms with E-state index in [0.29, 0.717) is 13.1 Å². The Labute approximate surface area is 114 Å². The highest BCUT2D eigenvalue weighted by Crippen LogP contribution is 2.13. The van der Waals surface area contributed by atoms with Crippen LogP contribution in [0.1, 0.15) is 6.42 Å². The minimum Gasteiger partial charge on any atom is -0.398 e. The number of carbonyl (C=O) groups excluding carboxylic acids is 2. The molecule has 0 spiro atoms. The van der Waals surface area contributed by atoms with Crippen molar-refractivity contribution >= 4 is 20.6 Å². The smallest absolute Gasteiger partial charge is 0.334 e. The quantitative estimate of drug-likeness (QED) is 0.509. The van der Waals surface area contributed by atoms with Crippen LogP contribution in [-0.4, -0.2) is 59.4 Å². The number of nitrogens with two attached hydrogens (primary N) is 2. The molecule has 4 amide bonds. The van der Waals surface area contributed by atoms with Crippen LogP contribution < -0.4 is 16.8 Å². The molecule has 0 aromatic heterocycles. The van der Waals surface area contributed by atoms with E-state index in [-0.39, 0.29) is 6.54 Å².